The predicted octanol–water partition coefficient (Wildman–Crippen LogP) is 4.48. The highest BCUT2D eigenvalue weighted by Gasteiger charge is 2.39. The number of nitrogens with one attached hydrogen (secondary N) is 1. The van der Waals surface area contributed by atoms with Crippen LogP contribution in [-0.2, 0) is 14.8 Å². The molecule has 8 heteroatoms. The fourth-order valence-electron chi connectivity index (χ4n) is 4.89. The Morgan fingerprint density at radius 3 is 2.55 bits per heavy atom. The maximum Gasteiger partial charge on any atom is 0.308 e. The number of anilines is 1. The number of sulfonamides is 1. The Morgan fingerprint density at radius 1 is 1.12 bits per heavy atom. The molecule has 3 atom stereocenters. The molecule has 0 aromatic heterocycles. The summed E-state index contributed by atoms with van der Waals surface area (Å²) < 4.78 is 38.3. The molecule has 1 aliphatic heterocycles. The number of ether oxygens (including phenoxy) is 2. The fourth-order valence-corrected chi connectivity index (χ4v) is 6.39. The Hall–Kier alpha value is -2.84. The van der Waals surface area contributed by atoms with Gasteiger partial charge in [0.1, 0.15) is 0 Å². The van der Waals surface area contributed by atoms with Crippen molar-refractivity contribution < 1.29 is 22.7 Å². The SMILES string of the molecule is CCN(CC)S(=O)(=O)c1ccc2c(c1)C1C=CCC1C(c1ccc(OC(C)=O)c(OC)c1)N2. The van der Waals surface area contributed by atoms with Crippen molar-refractivity contribution in [2.24, 2.45) is 5.92 Å². The van der Waals surface area contributed by atoms with Gasteiger partial charge < -0.3 is 14.8 Å². The average molecular weight is 471 g/mol. The largest absolute Gasteiger partial charge is 0.493 e. The molecule has 7 nitrogen and oxygen atoms in total. The van der Waals surface area contributed by atoms with E-state index in [1.54, 1.807) is 19.2 Å². The molecule has 4 rings (SSSR count). The second kappa shape index (κ2) is 9.19. The van der Waals surface area contributed by atoms with Crippen molar-refractivity contribution in [1.82, 2.24) is 4.31 Å². The standard InChI is InChI=1S/C25H30N2O5S/c1-5-27(6-2)33(29,30)18-11-12-22-21(15-18)19-8-7-9-20(19)25(26-22)17-10-13-23(32-16(3)28)24(14-17)31-4/h7-8,10-15,19-20,25-26H,5-6,9H2,1-4H3. The molecule has 0 spiro atoms. The molecular weight excluding hydrogens is 440 g/mol. The summed E-state index contributed by atoms with van der Waals surface area (Å²) in [6.45, 7) is 5.93. The summed E-state index contributed by atoms with van der Waals surface area (Å²) in [5.74, 6) is 0.822. The molecule has 176 valence electrons. The van der Waals surface area contributed by atoms with E-state index in [9.17, 15) is 13.2 Å². The van der Waals surface area contributed by atoms with E-state index < -0.39 is 16.0 Å². The topological polar surface area (TPSA) is 84.9 Å². The minimum atomic E-state index is -3.53. The number of benzene rings is 2. The van der Waals surface area contributed by atoms with Crippen LogP contribution in [0.2, 0.25) is 0 Å². The smallest absolute Gasteiger partial charge is 0.308 e. The maximum atomic E-state index is 13.1. The first-order valence-electron chi connectivity index (χ1n) is 11.2. The van der Waals surface area contributed by atoms with Gasteiger partial charge in [-0.15, -0.1) is 0 Å². The van der Waals surface area contributed by atoms with Crippen LogP contribution in [0.15, 0.2) is 53.4 Å². The van der Waals surface area contributed by atoms with Crippen LogP contribution in [0.3, 0.4) is 0 Å². The summed E-state index contributed by atoms with van der Waals surface area (Å²) in [6, 6.07) is 11.0. The summed E-state index contributed by atoms with van der Waals surface area (Å²) in [7, 11) is -1.98. The maximum absolute atomic E-state index is 13.1. The van der Waals surface area contributed by atoms with Gasteiger partial charge in [-0.05, 0) is 53.8 Å². The third kappa shape index (κ3) is 4.25. The molecule has 2 aliphatic rings. The van der Waals surface area contributed by atoms with E-state index in [-0.39, 0.29) is 17.9 Å². The minimum Gasteiger partial charge on any atom is -0.493 e. The van der Waals surface area contributed by atoms with E-state index in [0.717, 1.165) is 23.2 Å². The van der Waals surface area contributed by atoms with Crippen molar-refractivity contribution in [3.05, 3.63) is 59.7 Å². The molecule has 2 aromatic carbocycles. The van der Waals surface area contributed by atoms with Gasteiger partial charge in [0.25, 0.3) is 0 Å². The number of carbonyl (C=O) groups is 1. The average Bonchev–Trinajstić information content (AvgIpc) is 3.29. The molecule has 0 fully saturated rings. The van der Waals surface area contributed by atoms with Gasteiger partial charge in [0, 0.05) is 31.6 Å². The van der Waals surface area contributed by atoms with Gasteiger partial charge in [-0.2, -0.15) is 4.31 Å². The summed E-state index contributed by atoms with van der Waals surface area (Å²) in [4.78, 5) is 11.7. The monoisotopic (exact) mass is 470 g/mol. The molecule has 1 aliphatic carbocycles. The number of hydrogen-bond acceptors (Lipinski definition) is 6. The van der Waals surface area contributed by atoms with Gasteiger partial charge in [-0.3, -0.25) is 4.79 Å². The molecule has 33 heavy (non-hydrogen) atoms. The summed E-state index contributed by atoms with van der Waals surface area (Å²) in [5.41, 5.74) is 2.95. The van der Waals surface area contributed by atoms with Gasteiger partial charge >= 0.3 is 5.97 Å². The fraction of sp³-hybridized carbons (Fsp3) is 0.400. The predicted molar refractivity (Wildman–Crippen MR) is 127 cm³/mol. The molecule has 1 N–H and O–H groups in total. The lowest BCUT2D eigenvalue weighted by Gasteiger charge is -2.38. The lowest BCUT2D eigenvalue weighted by atomic mass is 9.77. The summed E-state index contributed by atoms with van der Waals surface area (Å²) >= 11 is 0. The van der Waals surface area contributed by atoms with Gasteiger partial charge in [0.2, 0.25) is 10.0 Å². The number of carbonyl (C=O) groups excluding carboxylic acids is 1. The third-order valence-corrected chi connectivity index (χ3v) is 8.52. The highest BCUT2D eigenvalue weighted by molar-refractivity contribution is 7.89. The molecular formula is C25H30N2O5S. The Bertz CT molecular complexity index is 1190. The first-order chi connectivity index (χ1) is 15.8. The Labute approximate surface area is 195 Å². The van der Waals surface area contributed by atoms with E-state index in [2.05, 4.69) is 17.5 Å². The number of methoxy groups -OCH3 is 1. The van der Waals surface area contributed by atoms with Crippen LogP contribution in [0, 0.1) is 5.92 Å². The number of nitrogens with zero attached hydrogens (tertiary/aromatic N) is 1. The number of esters is 1. The zero-order valence-electron chi connectivity index (χ0n) is 19.4. The highest BCUT2D eigenvalue weighted by atomic mass is 32.2. The van der Waals surface area contributed by atoms with Gasteiger partial charge in [-0.1, -0.05) is 32.1 Å². The van der Waals surface area contributed by atoms with E-state index >= 15 is 0 Å². The second-order valence-corrected chi connectivity index (χ2v) is 10.3. The number of rotatable bonds is 7. The van der Waals surface area contributed by atoms with Crippen molar-refractivity contribution in [1.29, 1.82) is 0 Å². The third-order valence-electron chi connectivity index (χ3n) is 6.48. The lowest BCUT2D eigenvalue weighted by molar-refractivity contribution is -0.132. The van der Waals surface area contributed by atoms with Crippen LogP contribution >= 0.6 is 0 Å². The minimum absolute atomic E-state index is 0.00279. The first kappa shape index (κ1) is 23.3. The van der Waals surface area contributed by atoms with Crippen LogP contribution in [0.4, 0.5) is 5.69 Å². The van der Waals surface area contributed by atoms with Gasteiger partial charge in [0.05, 0.1) is 18.0 Å². The normalized spacial score (nSPS) is 21.3. The van der Waals surface area contributed by atoms with Crippen molar-refractivity contribution in [2.45, 2.75) is 44.0 Å². The van der Waals surface area contributed by atoms with Crippen LogP contribution in [0.1, 0.15) is 50.3 Å². The molecule has 3 unspecified atom stereocenters. The summed E-state index contributed by atoms with van der Waals surface area (Å²) in [5, 5.41) is 3.62. The van der Waals surface area contributed by atoms with Crippen molar-refractivity contribution in [3.8, 4) is 11.5 Å². The van der Waals surface area contributed by atoms with E-state index in [0.29, 0.717) is 29.5 Å². The molecule has 0 radical (unpaired) electrons. The van der Waals surface area contributed by atoms with E-state index in [4.69, 9.17) is 9.47 Å². The van der Waals surface area contributed by atoms with Crippen LogP contribution in [0.25, 0.3) is 0 Å². The molecule has 0 amide bonds. The first-order valence-corrected chi connectivity index (χ1v) is 12.7. The van der Waals surface area contributed by atoms with Crippen molar-refractivity contribution in [3.63, 3.8) is 0 Å². The van der Waals surface area contributed by atoms with Crippen LogP contribution in [-0.4, -0.2) is 38.9 Å². The Balaban J connectivity index is 1.71. The molecule has 0 bridgehead atoms. The zero-order valence-corrected chi connectivity index (χ0v) is 20.2. The van der Waals surface area contributed by atoms with Crippen molar-refractivity contribution in [2.75, 3.05) is 25.5 Å². The molecule has 1 heterocycles. The molecule has 2 aromatic rings. The molecule has 0 saturated carbocycles. The van der Waals surface area contributed by atoms with Crippen LogP contribution in [0.5, 0.6) is 11.5 Å². The summed E-state index contributed by atoms with van der Waals surface area (Å²) in [6.07, 6.45) is 5.22. The van der Waals surface area contributed by atoms with E-state index in [1.807, 2.05) is 38.1 Å². The van der Waals surface area contributed by atoms with E-state index in [1.165, 1.54) is 11.2 Å². The van der Waals surface area contributed by atoms with Crippen molar-refractivity contribution >= 4 is 21.7 Å². The van der Waals surface area contributed by atoms with Gasteiger partial charge in [0.15, 0.2) is 11.5 Å². The Morgan fingerprint density at radius 2 is 1.88 bits per heavy atom. The Kier molecular flexibility index (Phi) is 6.50. The number of fused-ring (bicyclic) bond motifs is 3. The molecule has 0 saturated heterocycles. The number of hydrogen-bond donors (Lipinski definition) is 1. The van der Waals surface area contributed by atoms with Crippen LogP contribution < -0.4 is 14.8 Å². The number of allylic oxidation sites excluding steroid dienone is 2. The van der Waals surface area contributed by atoms with Gasteiger partial charge in [-0.25, -0.2) is 8.42 Å². The second-order valence-electron chi connectivity index (χ2n) is 8.32. The lowest BCUT2D eigenvalue weighted by Crippen LogP contribution is -2.32. The zero-order chi connectivity index (χ0) is 23.8. The highest BCUT2D eigenvalue weighted by Crippen LogP contribution is 2.51. The quantitative estimate of drug-likeness (QED) is 0.365.